The van der Waals surface area contributed by atoms with E-state index in [0.717, 1.165) is 16.0 Å². The molecule has 1 aromatic carbocycles. The molecule has 1 heterocycles. The molecule has 3 nitrogen and oxygen atoms in total. The third-order valence-electron chi connectivity index (χ3n) is 2.71. The fourth-order valence-electron chi connectivity index (χ4n) is 1.89. The molecule has 0 bridgehead atoms. The van der Waals surface area contributed by atoms with Crippen LogP contribution in [0.4, 0.5) is 5.69 Å². The molecular weight excluding hydrogens is 346 g/mol. The van der Waals surface area contributed by atoms with Crippen LogP contribution in [0, 0.1) is 5.41 Å². The van der Waals surface area contributed by atoms with Gasteiger partial charge in [-0.15, -0.1) is 11.3 Å². The fourth-order valence-corrected chi connectivity index (χ4v) is 3.36. The summed E-state index contributed by atoms with van der Waals surface area (Å²) in [5.74, 6) is -0.0149. The Kier molecular flexibility index (Phi) is 4.50. The van der Waals surface area contributed by atoms with Gasteiger partial charge < -0.3 is 10.6 Å². The number of amidine groups is 1. The van der Waals surface area contributed by atoms with Crippen LogP contribution in [0.25, 0.3) is 0 Å². The molecule has 3 N–H and O–H groups in total. The normalized spacial score (nSPS) is 10.5. The van der Waals surface area contributed by atoms with Crippen LogP contribution in [0.15, 0.2) is 33.4 Å². The molecule has 0 spiro atoms. The minimum atomic E-state index is -0.0149. The number of nitrogen functional groups attached to an aromatic ring is 1. The van der Waals surface area contributed by atoms with Gasteiger partial charge in [-0.1, -0.05) is 17.7 Å². The second-order valence-electron chi connectivity index (χ2n) is 4.16. The molecule has 0 saturated heterocycles. The topological polar surface area (TPSA) is 53.1 Å². The molecule has 0 atom stereocenters. The number of benzene rings is 1. The van der Waals surface area contributed by atoms with Crippen molar-refractivity contribution in [2.45, 2.75) is 6.54 Å². The maximum Gasteiger partial charge on any atom is 0.126 e. The Morgan fingerprint density at radius 3 is 2.84 bits per heavy atom. The fraction of sp³-hybridized carbons (Fsp3) is 0.154. The summed E-state index contributed by atoms with van der Waals surface area (Å²) in [6, 6.07) is 7.62. The SMILES string of the molecule is CN(Cc1csc(Br)c1)c1cccc(Cl)c1C(=N)N. The van der Waals surface area contributed by atoms with E-state index in [9.17, 15) is 0 Å². The summed E-state index contributed by atoms with van der Waals surface area (Å²) in [7, 11) is 1.96. The Hall–Kier alpha value is -1.04. The van der Waals surface area contributed by atoms with Gasteiger partial charge in [0.2, 0.25) is 0 Å². The summed E-state index contributed by atoms with van der Waals surface area (Å²) in [6.45, 7) is 0.739. The molecule has 6 heteroatoms. The molecule has 100 valence electrons. The van der Waals surface area contributed by atoms with E-state index in [2.05, 4.69) is 27.4 Å². The van der Waals surface area contributed by atoms with Crippen LogP contribution < -0.4 is 10.6 Å². The lowest BCUT2D eigenvalue weighted by atomic mass is 10.1. The largest absolute Gasteiger partial charge is 0.384 e. The van der Waals surface area contributed by atoms with E-state index in [4.69, 9.17) is 22.7 Å². The van der Waals surface area contributed by atoms with Crippen molar-refractivity contribution in [3.05, 3.63) is 49.6 Å². The lowest BCUT2D eigenvalue weighted by molar-refractivity contribution is 0.925. The first-order chi connectivity index (χ1) is 8.99. The van der Waals surface area contributed by atoms with Gasteiger partial charge in [0.25, 0.3) is 0 Å². The van der Waals surface area contributed by atoms with Gasteiger partial charge in [-0.3, -0.25) is 5.41 Å². The summed E-state index contributed by atoms with van der Waals surface area (Å²) < 4.78 is 1.11. The average Bonchev–Trinajstić information content (AvgIpc) is 2.73. The number of halogens is 2. The van der Waals surface area contributed by atoms with E-state index in [1.54, 1.807) is 17.4 Å². The molecule has 0 unspecified atom stereocenters. The number of nitrogens with zero attached hydrogens (tertiary/aromatic N) is 1. The van der Waals surface area contributed by atoms with E-state index in [1.165, 1.54) is 5.56 Å². The van der Waals surface area contributed by atoms with Gasteiger partial charge in [-0.25, -0.2) is 0 Å². The summed E-state index contributed by atoms with van der Waals surface area (Å²) in [6.07, 6.45) is 0. The highest BCUT2D eigenvalue weighted by atomic mass is 79.9. The lowest BCUT2D eigenvalue weighted by Crippen LogP contribution is -2.22. The van der Waals surface area contributed by atoms with Gasteiger partial charge in [0.15, 0.2) is 0 Å². The average molecular weight is 359 g/mol. The van der Waals surface area contributed by atoms with Gasteiger partial charge in [0.1, 0.15) is 5.84 Å². The van der Waals surface area contributed by atoms with Crippen LogP contribution in [0.3, 0.4) is 0 Å². The molecule has 2 rings (SSSR count). The number of nitrogens with one attached hydrogen (secondary N) is 1. The minimum absolute atomic E-state index is 0.0149. The second-order valence-corrected chi connectivity index (χ2v) is 6.86. The number of rotatable bonds is 4. The molecule has 19 heavy (non-hydrogen) atoms. The third-order valence-corrected chi connectivity index (χ3v) is 4.58. The second kappa shape index (κ2) is 5.94. The lowest BCUT2D eigenvalue weighted by Gasteiger charge is -2.22. The van der Waals surface area contributed by atoms with Crippen LogP contribution in [-0.2, 0) is 6.54 Å². The van der Waals surface area contributed by atoms with Gasteiger partial charge in [-0.2, -0.15) is 0 Å². The first-order valence-electron chi connectivity index (χ1n) is 5.56. The highest BCUT2D eigenvalue weighted by Gasteiger charge is 2.14. The Labute approximate surface area is 129 Å². The van der Waals surface area contributed by atoms with Crippen LogP contribution >= 0.6 is 38.9 Å². The predicted octanol–water partition coefficient (Wildman–Crippen LogP) is 4.08. The smallest absolute Gasteiger partial charge is 0.126 e. The highest BCUT2D eigenvalue weighted by Crippen LogP contribution is 2.28. The molecule has 0 aliphatic rings. The van der Waals surface area contributed by atoms with Crippen LogP contribution in [-0.4, -0.2) is 12.9 Å². The van der Waals surface area contributed by atoms with Crippen molar-refractivity contribution in [3.63, 3.8) is 0 Å². The van der Waals surface area contributed by atoms with E-state index in [0.29, 0.717) is 10.6 Å². The first kappa shape index (κ1) is 14.4. The molecule has 0 fully saturated rings. The van der Waals surface area contributed by atoms with E-state index < -0.39 is 0 Å². The van der Waals surface area contributed by atoms with Gasteiger partial charge in [0.05, 0.1) is 14.4 Å². The zero-order valence-electron chi connectivity index (χ0n) is 10.3. The number of hydrogen-bond acceptors (Lipinski definition) is 3. The Bertz CT molecular complexity index is 612. The van der Waals surface area contributed by atoms with Crippen LogP contribution in [0.5, 0.6) is 0 Å². The maximum atomic E-state index is 7.66. The van der Waals surface area contributed by atoms with E-state index in [1.807, 2.05) is 24.1 Å². The Balaban J connectivity index is 2.31. The van der Waals surface area contributed by atoms with Crippen molar-refractivity contribution in [2.75, 3.05) is 11.9 Å². The standard InChI is InChI=1S/C13H13BrClN3S/c1-18(6-8-5-11(14)19-7-8)10-4-2-3-9(15)12(10)13(16)17/h2-5,7H,6H2,1H3,(H3,16,17). The van der Waals surface area contributed by atoms with E-state index >= 15 is 0 Å². The molecule has 2 aromatic rings. The van der Waals surface area contributed by atoms with Crippen molar-refractivity contribution in [1.29, 1.82) is 5.41 Å². The predicted molar refractivity (Wildman–Crippen MR) is 86.6 cm³/mol. The zero-order valence-corrected chi connectivity index (χ0v) is 13.4. The summed E-state index contributed by atoms with van der Waals surface area (Å²) >= 11 is 11.2. The zero-order chi connectivity index (χ0) is 14.0. The van der Waals surface area contributed by atoms with Gasteiger partial charge in [-0.05, 0) is 45.1 Å². The summed E-state index contributed by atoms with van der Waals surface area (Å²) in [4.78, 5) is 2.04. The van der Waals surface area contributed by atoms with Crippen LogP contribution in [0.2, 0.25) is 5.02 Å². The van der Waals surface area contributed by atoms with Gasteiger partial charge in [0, 0.05) is 19.3 Å². The van der Waals surface area contributed by atoms with Crippen molar-refractivity contribution in [3.8, 4) is 0 Å². The number of anilines is 1. The summed E-state index contributed by atoms with van der Waals surface area (Å²) in [5.41, 5.74) is 8.27. The minimum Gasteiger partial charge on any atom is -0.384 e. The van der Waals surface area contributed by atoms with E-state index in [-0.39, 0.29) is 5.84 Å². The molecule has 1 aromatic heterocycles. The molecule has 0 saturated carbocycles. The summed E-state index contributed by atoms with van der Waals surface area (Å²) in [5, 5.41) is 10.3. The molecule has 0 amide bonds. The number of hydrogen-bond donors (Lipinski definition) is 2. The van der Waals surface area contributed by atoms with Crippen molar-refractivity contribution in [1.82, 2.24) is 0 Å². The molecule has 0 radical (unpaired) electrons. The van der Waals surface area contributed by atoms with Gasteiger partial charge >= 0.3 is 0 Å². The Morgan fingerprint density at radius 2 is 2.26 bits per heavy atom. The van der Waals surface area contributed by atoms with Crippen LogP contribution in [0.1, 0.15) is 11.1 Å². The quantitative estimate of drug-likeness (QED) is 0.639. The van der Waals surface area contributed by atoms with Crippen molar-refractivity contribution < 1.29 is 0 Å². The number of thiophene rings is 1. The van der Waals surface area contributed by atoms with Crippen molar-refractivity contribution >= 4 is 50.4 Å². The third kappa shape index (κ3) is 3.29. The van der Waals surface area contributed by atoms with Crippen molar-refractivity contribution in [2.24, 2.45) is 5.73 Å². The first-order valence-corrected chi connectivity index (χ1v) is 7.61. The highest BCUT2D eigenvalue weighted by molar-refractivity contribution is 9.11. The molecule has 0 aliphatic heterocycles. The Morgan fingerprint density at radius 1 is 1.53 bits per heavy atom. The molecular formula is C13H13BrClN3S. The monoisotopic (exact) mass is 357 g/mol. The molecule has 0 aliphatic carbocycles. The number of nitrogens with two attached hydrogens (primary N) is 1. The maximum absolute atomic E-state index is 7.66.